The minimum Gasteiger partial charge on any atom is -0.495 e. The number of carbonyl (C=O) groups excluding carboxylic acids is 1. The molecule has 0 spiro atoms. The Kier molecular flexibility index (Phi) is 6.50. The number of para-hydroxylation sites is 2. The monoisotopic (exact) mass is 409 g/mol. The molecular weight excluding hydrogens is 378 g/mol. The van der Waals surface area contributed by atoms with Crippen molar-refractivity contribution < 1.29 is 17.9 Å². The first-order valence-corrected chi connectivity index (χ1v) is 11.8. The lowest BCUT2D eigenvalue weighted by Crippen LogP contribution is -2.56. The van der Waals surface area contributed by atoms with Gasteiger partial charge in [-0.05, 0) is 32.4 Å². The molecule has 0 N–H and O–H groups in total. The van der Waals surface area contributed by atoms with Crippen LogP contribution in [-0.4, -0.2) is 87.5 Å². The van der Waals surface area contributed by atoms with Gasteiger partial charge >= 0.3 is 0 Å². The Bertz CT molecular complexity index is 790. The summed E-state index contributed by atoms with van der Waals surface area (Å²) < 4.78 is 29.1. The van der Waals surface area contributed by atoms with Gasteiger partial charge in [0.25, 0.3) is 0 Å². The molecule has 2 aliphatic heterocycles. The van der Waals surface area contributed by atoms with E-state index in [0.29, 0.717) is 13.0 Å². The fourth-order valence-corrected chi connectivity index (χ4v) is 5.98. The topological polar surface area (TPSA) is 70.2 Å². The van der Waals surface area contributed by atoms with Gasteiger partial charge < -0.3 is 14.5 Å². The van der Waals surface area contributed by atoms with Gasteiger partial charge in [-0.15, -0.1) is 0 Å². The molecule has 3 rings (SSSR count). The Labute approximate surface area is 168 Å². The first-order valence-electron chi connectivity index (χ1n) is 9.99. The fraction of sp³-hybridized carbons (Fsp3) is 0.650. The average molecular weight is 410 g/mol. The van der Waals surface area contributed by atoms with Crippen LogP contribution in [0, 0.1) is 0 Å². The third-order valence-corrected chi connectivity index (χ3v) is 7.67. The molecule has 8 heteroatoms. The molecule has 0 saturated carbocycles. The van der Waals surface area contributed by atoms with Crippen LogP contribution in [0.25, 0.3) is 0 Å². The zero-order valence-electron chi connectivity index (χ0n) is 17.0. The molecule has 0 radical (unpaired) electrons. The van der Waals surface area contributed by atoms with E-state index in [1.54, 1.807) is 12.0 Å². The van der Waals surface area contributed by atoms with Crippen molar-refractivity contribution in [3.05, 3.63) is 24.3 Å². The Morgan fingerprint density at radius 1 is 1.25 bits per heavy atom. The van der Waals surface area contributed by atoms with Crippen LogP contribution >= 0.6 is 0 Å². The van der Waals surface area contributed by atoms with Crippen LogP contribution in [0.15, 0.2) is 24.3 Å². The molecule has 0 bridgehead atoms. The summed E-state index contributed by atoms with van der Waals surface area (Å²) in [7, 11) is -1.33. The highest BCUT2D eigenvalue weighted by Gasteiger charge is 2.37. The van der Waals surface area contributed by atoms with E-state index in [1.807, 2.05) is 32.0 Å². The second kappa shape index (κ2) is 8.69. The molecule has 0 unspecified atom stereocenters. The van der Waals surface area contributed by atoms with Crippen LogP contribution in [0.3, 0.4) is 0 Å². The lowest BCUT2D eigenvalue weighted by Gasteiger charge is -2.40. The van der Waals surface area contributed by atoms with E-state index >= 15 is 0 Å². The third kappa shape index (κ3) is 4.43. The van der Waals surface area contributed by atoms with Crippen molar-refractivity contribution in [3.63, 3.8) is 0 Å². The molecule has 2 saturated heterocycles. The number of likely N-dealkylation sites (N-methyl/N-ethyl adjacent to an activating group) is 1. The molecule has 156 valence electrons. The fourth-order valence-electron chi connectivity index (χ4n) is 4.25. The Balaban J connectivity index is 1.61. The number of ether oxygens (including phenoxy) is 1. The quantitative estimate of drug-likeness (QED) is 0.704. The largest absolute Gasteiger partial charge is 0.495 e. The summed E-state index contributed by atoms with van der Waals surface area (Å²) in [6, 6.07) is 7.56. The Morgan fingerprint density at radius 3 is 2.50 bits per heavy atom. The van der Waals surface area contributed by atoms with Crippen molar-refractivity contribution >= 4 is 21.4 Å². The maximum absolute atomic E-state index is 13.1. The smallest absolute Gasteiger partial charge is 0.239 e. The molecule has 1 amide bonds. The lowest BCUT2D eigenvalue weighted by atomic mass is 10.1. The molecular formula is C20H31N3O4S. The van der Waals surface area contributed by atoms with Crippen molar-refractivity contribution in [1.29, 1.82) is 0 Å². The lowest BCUT2D eigenvalue weighted by molar-refractivity contribution is -0.138. The third-order valence-electron chi connectivity index (χ3n) is 5.92. The van der Waals surface area contributed by atoms with Gasteiger partial charge in [0, 0.05) is 38.8 Å². The number of methoxy groups -OCH3 is 1. The predicted molar refractivity (Wildman–Crippen MR) is 111 cm³/mol. The predicted octanol–water partition coefficient (Wildman–Crippen LogP) is 1.24. The molecule has 1 aromatic carbocycles. The number of benzene rings is 1. The summed E-state index contributed by atoms with van der Waals surface area (Å²) in [5, 5.41) is 0. The van der Waals surface area contributed by atoms with Crippen molar-refractivity contribution in [3.8, 4) is 5.75 Å². The number of rotatable bonds is 6. The molecule has 2 aliphatic rings. The van der Waals surface area contributed by atoms with Gasteiger partial charge in [0.05, 0.1) is 30.3 Å². The Hall–Kier alpha value is -1.80. The first-order chi connectivity index (χ1) is 13.4. The highest BCUT2D eigenvalue weighted by atomic mass is 32.2. The van der Waals surface area contributed by atoms with E-state index in [2.05, 4.69) is 15.9 Å². The minimum atomic E-state index is -3.01. The molecule has 28 heavy (non-hydrogen) atoms. The second-order valence-corrected chi connectivity index (χ2v) is 9.78. The second-order valence-electron chi connectivity index (χ2n) is 7.55. The highest BCUT2D eigenvalue weighted by molar-refractivity contribution is 7.91. The molecule has 0 aromatic heterocycles. The van der Waals surface area contributed by atoms with Gasteiger partial charge in [0.1, 0.15) is 5.75 Å². The van der Waals surface area contributed by atoms with Crippen LogP contribution in [0.5, 0.6) is 5.75 Å². The van der Waals surface area contributed by atoms with Gasteiger partial charge in [0.2, 0.25) is 5.91 Å². The minimum absolute atomic E-state index is 0.0374. The van der Waals surface area contributed by atoms with Crippen molar-refractivity contribution in [2.75, 3.05) is 56.2 Å². The van der Waals surface area contributed by atoms with E-state index in [4.69, 9.17) is 4.74 Å². The van der Waals surface area contributed by atoms with Crippen LogP contribution in [0.1, 0.15) is 20.3 Å². The summed E-state index contributed by atoms with van der Waals surface area (Å²) in [6.45, 7) is 7.62. The first kappa shape index (κ1) is 20.9. The number of hydrogen-bond donors (Lipinski definition) is 0. The van der Waals surface area contributed by atoms with Gasteiger partial charge in [-0.1, -0.05) is 12.1 Å². The number of hydrogen-bond acceptors (Lipinski definition) is 6. The maximum atomic E-state index is 13.1. The zero-order chi connectivity index (χ0) is 20.3. The number of amides is 1. The van der Waals surface area contributed by atoms with Crippen LogP contribution in [-0.2, 0) is 14.6 Å². The molecule has 2 atom stereocenters. The van der Waals surface area contributed by atoms with E-state index in [0.717, 1.165) is 37.6 Å². The van der Waals surface area contributed by atoms with Crippen molar-refractivity contribution in [1.82, 2.24) is 9.80 Å². The molecule has 7 nitrogen and oxygen atoms in total. The number of piperazine rings is 1. The van der Waals surface area contributed by atoms with E-state index < -0.39 is 9.84 Å². The summed E-state index contributed by atoms with van der Waals surface area (Å²) in [5.74, 6) is 1.18. The van der Waals surface area contributed by atoms with Gasteiger partial charge in [-0.2, -0.15) is 0 Å². The zero-order valence-corrected chi connectivity index (χ0v) is 17.8. The molecule has 1 aromatic rings. The highest BCUT2D eigenvalue weighted by Crippen LogP contribution is 2.29. The van der Waals surface area contributed by atoms with Crippen molar-refractivity contribution in [2.24, 2.45) is 0 Å². The Morgan fingerprint density at radius 2 is 1.93 bits per heavy atom. The SMILES string of the molecule is CCN(C(=O)[C@@H](C)N1CCN(c2ccccc2OC)CC1)[C@H]1CCS(=O)(=O)C1. The summed E-state index contributed by atoms with van der Waals surface area (Å²) >= 11 is 0. The molecule has 2 fully saturated rings. The van der Waals surface area contributed by atoms with E-state index in [1.165, 1.54) is 0 Å². The summed E-state index contributed by atoms with van der Waals surface area (Å²) in [4.78, 5) is 19.3. The summed E-state index contributed by atoms with van der Waals surface area (Å²) in [6.07, 6.45) is 0.552. The van der Waals surface area contributed by atoms with E-state index in [-0.39, 0.29) is 29.5 Å². The average Bonchev–Trinajstić information content (AvgIpc) is 3.07. The number of anilines is 1. The van der Waals surface area contributed by atoms with Crippen LogP contribution in [0.4, 0.5) is 5.69 Å². The van der Waals surface area contributed by atoms with Gasteiger partial charge in [-0.3, -0.25) is 9.69 Å². The number of nitrogens with zero attached hydrogens (tertiary/aromatic N) is 3. The van der Waals surface area contributed by atoms with Crippen LogP contribution in [0.2, 0.25) is 0 Å². The van der Waals surface area contributed by atoms with E-state index in [9.17, 15) is 13.2 Å². The number of sulfone groups is 1. The normalized spacial score (nSPS) is 23.4. The van der Waals surface area contributed by atoms with Gasteiger partial charge in [0.15, 0.2) is 9.84 Å². The van der Waals surface area contributed by atoms with Gasteiger partial charge in [-0.25, -0.2) is 8.42 Å². The molecule has 0 aliphatic carbocycles. The van der Waals surface area contributed by atoms with Crippen LogP contribution < -0.4 is 9.64 Å². The standard InChI is InChI=1S/C20H31N3O4S/c1-4-23(17-9-14-28(25,26)15-17)20(24)16(2)21-10-12-22(13-11-21)18-7-5-6-8-19(18)27-3/h5-8,16-17H,4,9-15H2,1-3H3/t16-,17+/m1/s1. The number of carbonyl (C=O) groups is 1. The van der Waals surface area contributed by atoms with Crippen molar-refractivity contribution in [2.45, 2.75) is 32.4 Å². The maximum Gasteiger partial charge on any atom is 0.239 e. The molecule has 2 heterocycles. The summed E-state index contributed by atoms with van der Waals surface area (Å²) in [5.41, 5.74) is 1.08.